The minimum absolute atomic E-state index is 0.117. The standard InChI is InChI=1S/C26H28N2O4/c1-19(2)22-10-12-23(13-11-22)31-18-26(29)28-27-16-21-9-14-24(25(15-21)30-3)32-17-20-7-5-4-6-8-20/h4-16,19H,17-18H2,1-3H3,(H,28,29)/b27-16+. The molecule has 0 radical (unpaired) electrons. The molecule has 0 unspecified atom stereocenters. The third-order valence-corrected chi connectivity index (χ3v) is 4.74. The highest BCUT2D eigenvalue weighted by molar-refractivity contribution is 5.83. The van der Waals surface area contributed by atoms with Crippen LogP contribution in [0.15, 0.2) is 77.9 Å². The number of nitrogens with zero attached hydrogens (tertiary/aromatic N) is 1. The van der Waals surface area contributed by atoms with Gasteiger partial charge in [0.1, 0.15) is 12.4 Å². The molecule has 3 rings (SSSR count). The van der Waals surface area contributed by atoms with E-state index in [0.717, 1.165) is 11.1 Å². The summed E-state index contributed by atoms with van der Waals surface area (Å²) < 4.78 is 16.8. The van der Waals surface area contributed by atoms with Gasteiger partial charge in [-0.05, 0) is 52.9 Å². The molecule has 0 spiro atoms. The van der Waals surface area contributed by atoms with Gasteiger partial charge in [-0.2, -0.15) is 5.10 Å². The molecule has 0 saturated heterocycles. The number of ether oxygens (including phenoxy) is 3. The van der Waals surface area contributed by atoms with E-state index in [1.165, 1.54) is 5.56 Å². The van der Waals surface area contributed by atoms with Gasteiger partial charge >= 0.3 is 0 Å². The Morgan fingerprint density at radius 2 is 1.72 bits per heavy atom. The number of hydrazone groups is 1. The summed E-state index contributed by atoms with van der Waals surface area (Å²) in [5, 5.41) is 3.99. The summed E-state index contributed by atoms with van der Waals surface area (Å²) in [6, 6.07) is 23.1. The van der Waals surface area contributed by atoms with Crippen LogP contribution < -0.4 is 19.6 Å². The Bertz CT molecular complexity index is 1030. The molecule has 0 saturated carbocycles. The van der Waals surface area contributed by atoms with Gasteiger partial charge in [-0.15, -0.1) is 0 Å². The first-order valence-electron chi connectivity index (χ1n) is 10.4. The van der Waals surface area contributed by atoms with E-state index in [4.69, 9.17) is 14.2 Å². The van der Waals surface area contributed by atoms with Crippen molar-refractivity contribution < 1.29 is 19.0 Å². The van der Waals surface area contributed by atoms with Crippen LogP contribution in [0.5, 0.6) is 17.2 Å². The summed E-state index contributed by atoms with van der Waals surface area (Å²) in [6.07, 6.45) is 1.54. The quantitative estimate of drug-likeness (QED) is 0.364. The Kier molecular flexibility index (Phi) is 8.26. The molecule has 1 N–H and O–H groups in total. The Hall–Kier alpha value is -3.80. The minimum atomic E-state index is -0.344. The normalized spacial score (nSPS) is 10.9. The fourth-order valence-electron chi connectivity index (χ4n) is 2.93. The molecule has 0 aliphatic carbocycles. The summed E-state index contributed by atoms with van der Waals surface area (Å²) in [5.41, 5.74) is 5.52. The van der Waals surface area contributed by atoms with Crippen molar-refractivity contribution in [1.82, 2.24) is 5.43 Å². The van der Waals surface area contributed by atoms with Crippen molar-refractivity contribution in [3.63, 3.8) is 0 Å². The van der Waals surface area contributed by atoms with Gasteiger partial charge in [0.2, 0.25) is 0 Å². The Morgan fingerprint density at radius 1 is 0.969 bits per heavy atom. The zero-order valence-corrected chi connectivity index (χ0v) is 18.6. The van der Waals surface area contributed by atoms with Crippen molar-refractivity contribution in [3.8, 4) is 17.2 Å². The molecule has 0 aromatic heterocycles. The van der Waals surface area contributed by atoms with Gasteiger partial charge < -0.3 is 14.2 Å². The molecule has 0 fully saturated rings. The van der Waals surface area contributed by atoms with E-state index in [9.17, 15) is 4.79 Å². The van der Waals surface area contributed by atoms with Crippen LogP contribution in [0.2, 0.25) is 0 Å². The molecule has 0 atom stereocenters. The van der Waals surface area contributed by atoms with Crippen LogP contribution in [0.25, 0.3) is 0 Å². The molecule has 166 valence electrons. The van der Waals surface area contributed by atoms with E-state index in [2.05, 4.69) is 24.4 Å². The van der Waals surface area contributed by atoms with Crippen LogP contribution in [0.1, 0.15) is 36.5 Å². The van der Waals surface area contributed by atoms with Crippen LogP contribution >= 0.6 is 0 Å². The highest BCUT2D eigenvalue weighted by atomic mass is 16.5. The van der Waals surface area contributed by atoms with Crippen LogP contribution in [0.3, 0.4) is 0 Å². The number of nitrogens with one attached hydrogen (secondary N) is 1. The maximum absolute atomic E-state index is 12.0. The molecule has 0 aliphatic heterocycles. The minimum Gasteiger partial charge on any atom is -0.493 e. The number of carbonyl (C=O) groups is 1. The zero-order valence-electron chi connectivity index (χ0n) is 18.6. The Morgan fingerprint density at radius 3 is 2.41 bits per heavy atom. The van der Waals surface area contributed by atoms with Gasteiger partial charge in [-0.3, -0.25) is 4.79 Å². The maximum atomic E-state index is 12.0. The third-order valence-electron chi connectivity index (χ3n) is 4.74. The van der Waals surface area contributed by atoms with Gasteiger partial charge in [-0.1, -0.05) is 56.3 Å². The summed E-state index contributed by atoms with van der Waals surface area (Å²) in [5.74, 6) is 1.97. The van der Waals surface area contributed by atoms with Crippen LogP contribution in [0.4, 0.5) is 0 Å². The SMILES string of the molecule is COc1cc(/C=N/NC(=O)COc2ccc(C(C)C)cc2)ccc1OCc1ccccc1. The van der Waals surface area contributed by atoms with Crippen molar-refractivity contribution in [2.75, 3.05) is 13.7 Å². The van der Waals surface area contributed by atoms with Gasteiger partial charge in [0.15, 0.2) is 18.1 Å². The summed E-state index contributed by atoms with van der Waals surface area (Å²) in [4.78, 5) is 12.0. The van der Waals surface area contributed by atoms with Crippen molar-refractivity contribution in [3.05, 3.63) is 89.5 Å². The summed E-state index contributed by atoms with van der Waals surface area (Å²) in [7, 11) is 1.58. The molecule has 6 nitrogen and oxygen atoms in total. The lowest BCUT2D eigenvalue weighted by molar-refractivity contribution is -0.123. The highest BCUT2D eigenvalue weighted by Gasteiger charge is 2.06. The highest BCUT2D eigenvalue weighted by Crippen LogP contribution is 2.28. The van der Waals surface area contributed by atoms with Crippen LogP contribution in [-0.4, -0.2) is 25.8 Å². The first-order valence-corrected chi connectivity index (χ1v) is 10.4. The number of amides is 1. The number of hydrogen-bond acceptors (Lipinski definition) is 5. The molecule has 32 heavy (non-hydrogen) atoms. The van der Waals surface area contributed by atoms with E-state index in [0.29, 0.717) is 29.8 Å². The molecule has 0 aliphatic rings. The number of hydrogen-bond donors (Lipinski definition) is 1. The largest absolute Gasteiger partial charge is 0.493 e. The Balaban J connectivity index is 1.49. The van der Waals surface area contributed by atoms with Gasteiger partial charge in [-0.25, -0.2) is 5.43 Å². The lowest BCUT2D eigenvalue weighted by Gasteiger charge is -2.11. The summed E-state index contributed by atoms with van der Waals surface area (Å²) in [6.45, 7) is 4.58. The molecule has 0 bridgehead atoms. The van der Waals surface area contributed by atoms with E-state index in [1.807, 2.05) is 66.7 Å². The maximum Gasteiger partial charge on any atom is 0.277 e. The van der Waals surface area contributed by atoms with Crippen LogP contribution in [0, 0.1) is 0 Å². The topological polar surface area (TPSA) is 69.2 Å². The first kappa shape index (κ1) is 22.9. The number of methoxy groups -OCH3 is 1. The second-order valence-corrected chi connectivity index (χ2v) is 7.49. The van der Waals surface area contributed by atoms with Gasteiger partial charge in [0.05, 0.1) is 13.3 Å². The van der Waals surface area contributed by atoms with Gasteiger partial charge in [0, 0.05) is 0 Å². The van der Waals surface area contributed by atoms with E-state index >= 15 is 0 Å². The van der Waals surface area contributed by atoms with Crippen molar-refractivity contribution >= 4 is 12.1 Å². The Labute approximate surface area is 188 Å². The second kappa shape index (κ2) is 11.6. The fraction of sp³-hybridized carbons (Fsp3) is 0.231. The molecule has 6 heteroatoms. The third kappa shape index (κ3) is 6.87. The average Bonchev–Trinajstić information content (AvgIpc) is 2.82. The lowest BCUT2D eigenvalue weighted by Crippen LogP contribution is -2.24. The molecule has 1 amide bonds. The zero-order chi connectivity index (χ0) is 22.8. The van der Waals surface area contributed by atoms with E-state index in [1.54, 1.807) is 19.4 Å². The molecule has 3 aromatic carbocycles. The van der Waals surface area contributed by atoms with Gasteiger partial charge in [0.25, 0.3) is 5.91 Å². The first-order chi connectivity index (χ1) is 15.5. The molecular formula is C26H28N2O4. The molecule has 0 heterocycles. The van der Waals surface area contributed by atoms with E-state index < -0.39 is 0 Å². The van der Waals surface area contributed by atoms with Crippen molar-refractivity contribution in [2.45, 2.75) is 26.4 Å². The number of rotatable bonds is 10. The molecular weight excluding hydrogens is 404 g/mol. The monoisotopic (exact) mass is 432 g/mol. The fourth-order valence-corrected chi connectivity index (χ4v) is 2.93. The van der Waals surface area contributed by atoms with Crippen molar-refractivity contribution in [1.29, 1.82) is 0 Å². The predicted molar refractivity (Wildman–Crippen MR) is 126 cm³/mol. The molecule has 3 aromatic rings. The van der Waals surface area contributed by atoms with Crippen LogP contribution in [-0.2, 0) is 11.4 Å². The smallest absolute Gasteiger partial charge is 0.277 e. The number of carbonyl (C=O) groups excluding carboxylic acids is 1. The lowest BCUT2D eigenvalue weighted by atomic mass is 10.0. The average molecular weight is 433 g/mol. The predicted octanol–water partition coefficient (Wildman–Crippen LogP) is 4.93. The number of benzene rings is 3. The summed E-state index contributed by atoms with van der Waals surface area (Å²) >= 11 is 0. The van der Waals surface area contributed by atoms with E-state index in [-0.39, 0.29) is 12.5 Å². The van der Waals surface area contributed by atoms with Crippen molar-refractivity contribution in [2.24, 2.45) is 5.10 Å². The second-order valence-electron chi connectivity index (χ2n) is 7.49.